The Morgan fingerprint density at radius 1 is 1.26 bits per heavy atom. The van der Waals surface area contributed by atoms with Crippen LogP contribution in [0.25, 0.3) is 11.0 Å². The van der Waals surface area contributed by atoms with Gasteiger partial charge in [0.15, 0.2) is 0 Å². The zero-order valence-corrected chi connectivity index (χ0v) is 13.8. The quantitative estimate of drug-likeness (QED) is 0.537. The number of phenolic OH excluding ortho intramolecular Hbond substituents is 1. The van der Waals surface area contributed by atoms with Crippen molar-refractivity contribution in [1.29, 1.82) is 0 Å². The third-order valence-corrected chi connectivity index (χ3v) is 4.79. The molecular weight excluding hydrogens is 310 g/mol. The Hall–Kier alpha value is -2.11. The second-order valence-corrected chi connectivity index (χ2v) is 6.46. The highest BCUT2D eigenvalue weighted by Gasteiger charge is 2.09. The Morgan fingerprint density at radius 3 is 2.87 bits per heavy atom. The number of thiophene rings is 1. The lowest BCUT2D eigenvalue weighted by Gasteiger charge is -2.09. The molecule has 3 rings (SSSR count). The van der Waals surface area contributed by atoms with Crippen molar-refractivity contribution in [1.82, 2.24) is 5.32 Å². The van der Waals surface area contributed by atoms with E-state index in [2.05, 4.69) is 22.8 Å². The maximum absolute atomic E-state index is 11.7. The Kier molecular flexibility index (Phi) is 4.79. The molecule has 0 amide bonds. The van der Waals surface area contributed by atoms with E-state index in [1.54, 1.807) is 11.3 Å². The van der Waals surface area contributed by atoms with Gasteiger partial charge < -0.3 is 14.8 Å². The van der Waals surface area contributed by atoms with Crippen LogP contribution < -0.4 is 10.9 Å². The van der Waals surface area contributed by atoms with Crippen molar-refractivity contribution >= 4 is 22.3 Å². The van der Waals surface area contributed by atoms with Gasteiger partial charge in [-0.1, -0.05) is 13.0 Å². The molecule has 4 nitrogen and oxygen atoms in total. The van der Waals surface area contributed by atoms with E-state index in [-0.39, 0.29) is 5.75 Å². The van der Waals surface area contributed by atoms with E-state index < -0.39 is 5.63 Å². The van der Waals surface area contributed by atoms with Gasteiger partial charge in [0, 0.05) is 35.5 Å². The maximum atomic E-state index is 11.7. The van der Waals surface area contributed by atoms with E-state index in [9.17, 15) is 9.90 Å². The summed E-state index contributed by atoms with van der Waals surface area (Å²) in [6.45, 7) is 3.43. The zero-order valence-electron chi connectivity index (χ0n) is 13.0. The number of aromatic hydroxyl groups is 1. The number of rotatable bonds is 6. The molecule has 2 N–H and O–H groups in total. The summed E-state index contributed by atoms with van der Waals surface area (Å²) in [5.74, 6) is 0.172. The molecule has 0 aliphatic carbocycles. The van der Waals surface area contributed by atoms with E-state index in [1.165, 1.54) is 17.0 Å². The highest BCUT2D eigenvalue weighted by Crippen LogP contribution is 2.26. The summed E-state index contributed by atoms with van der Waals surface area (Å²) in [6, 6.07) is 9.13. The summed E-state index contributed by atoms with van der Waals surface area (Å²) in [6.07, 6.45) is 1.70. The van der Waals surface area contributed by atoms with Crippen LogP contribution in [0.3, 0.4) is 0 Å². The molecule has 0 saturated carbocycles. The molecule has 0 saturated heterocycles. The maximum Gasteiger partial charge on any atom is 0.336 e. The third-order valence-electron chi connectivity index (χ3n) is 3.85. The lowest BCUT2D eigenvalue weighted by Crippen LogP contribution is -2.17. The predicted octanol–water partition coefficient (Wildman–Crippen LogP) is 3.45. The van der Waals surface area contributed by atoms with Crippen LogP contribution in [0.15, 0.2) is 44.9 Å². The van der Waals surface area contributed by atoms with E-state index in [4.69, 9.17) is 4.42 Å². The fourth-order valence-corrected chi connectivity index (χ4v) is 3.34. The average molecular weight is 329 g/mol. The van der Waals surface area contributed by atoms with Crippen molar-refractivity contribution in [3.63, 3.8) is 0 Å². The van der Waals surface area contributed by atoms with Crippen molar-refractivity contribution in [3.8, 4) is 5.75 Å². The topological polar surface area (TPSA) is 62.5 Å². The SMILES string of the molecule is CCc1cc2c(CNCCc3cccs3)cc(=O)oc2cc1O. The first-order chi connectivity index (χ1) is 11.2. The predicted molar refractivity (Wildman–Crippen MR) is 93.3 cm³/mol. The first-order valence-electron chi connectivity index (χ1n) is 7.69. The molecule has 0 aliphatic heterocycles. The largest absolute Gasteiger partial charge is 0.508 e. The number of nitrogens with one attached hydrogen (secondary N) is 1. The van der Waals surface area contributed by atoms with Gasteiger partial charge in [0.2, 0.25) is 0 Å². The summed E-state index contributed by atoms with van der Waals surface area (Å²) >= 11 is 1.75. The molecule has 0 aliphatic rings. The van der Waals surface area contributed by atoms with Gasteiger partial charge in [-0.25, -0.2) is 4.79 Å². The van der Waals surface area contributed by atoms with Gasteiger partial charge in [-0.3, -0.25) is 0 Å². The van der Waals surface area contributed by atoms with E-state index in [0.29, 0.717) is 12.1 Å². The van der Waals surface area contributed by atoms with Gasteiger partial charge in [0.05, 0.1) is 0 Å². The van der Waals surface area contributed by atoms with Gasteiger partial charge >= 0.3 is 5.63 Å². The molecule has 1 aromatic carbocycles. The van der Waals surface area contributed by atoms with Crippen LogP contribution >= 0.6 is 11.3 Å². The molecule has 120 valence electrons. The van der Waals surface area contributed by atoms with E-state index >= 15 is 0 Å². The van der Waals surface area contributed by atoms with Crippen LogP contribution in [-0.2, 0) is 19.4 Å². The van der Waals surface area contributed by atoms with Crippen molar-refractivity contribution in [2.45, 2.75) is 26.3 Å². The van der Waals surface area contributed by atoms with Crippen molar-refractivity contribution < 1.29 is 9.52 Å². The minimum absolute atomic E-state index is 0.172. The molecule has 0 atom stereocenters. The molecule has 23 heavy (non-hydrogen) atoms. The Balaban J connectivity index is 1.80. The number of phenols is 1. The zero-order chi connectivity index (χ0) is 16.2. The lowest BCUT2D eigenvalue weighted by atomic mass is 10.0. The minimum Gasteiger partial charge on any atom is -0.508 e. The minimum atomic E-state index is -0.392. The number of benzene rings is 1. The number of aryl methyl sites for hydroxylation is 1. The summed E-state index contributed by atoms with van der Waals surface area (Å²) in [4.78, 5) is 13.1. The second kappa shape index (κ2) is 6.98. The van der Waals surface area contributed by atoms with Gasteiger partial charge in [0.1, 0.15) is 11.3 Å². The van der Waals surface area contributed by atoms with Crippen LogP contribution in [0.2, 0.25) is 0 Å². The van der Waals surface area contributed by atoms with Crippen LogP contribution in [0.1, 0.15) is 22.9 Å². The Bertz CT molecular complexity index is 853. The number of hydrogen-bond donors (Lipinski definition) is 2. The van der Waals surface area contributed by atoms with Gasteiger partial charge in [-0.2, -0.15) is 0 Å². The molecular formula is C18H19NO3S. The molecule has 0 unspecified atom stereocenters. The fourth-order valence-electron chi connectivity index (χ4n) is 2.63. The summed E-state index contributed by atoms with van der Waals surface area (Å²) in [5, 5.41) is 16.3. The molecule has 0 fully saturated rings. The number of hydrogen-bond acceptors (Lipinski definition) is 5. The van der Waals surface area contributed by atoms with Crippen molar-refractivity contribution in [2.75, 3.05) is 6.54 Å². The van der Waals surface area contributed by atoms with Gasteiger partial charge in [-0.15, -0.1) is 11.3 Å². The highest BCUT2D eigenvalue weighted by atomic mass is 32.1. The third kappa shape index (κ3) is 3.63. The summed E-state index contributed by atoms with van der Waals surface area (Å²) < 4.78 is 5.21. The molecule has 2 aromatic heterocycles. The molecule has 0 spiro atoms. The van der Waals surface area contributed by atoms with Crippen LogP contribution in [0, 0.1) is 0 Å². The molecule has 3 aromatic rings. The van der Waals surface area contributed by atoms with Gasteiger partial charge in [0.25, 0.3) is 0 Å². The number of fused-ring (bicyclic) bond motifs is 1. The van der Waals surface area contributed by atoms with Crippen LogP contribution in [0.5, 0.6) is 5.75 Å². The first kappa shape index (κ1) is 15.8. The second-order valence-electron chi connectivity index (χ2n) is 5.43. The summed E-state index contributed by atoms with van der Waals surface area (Å²) in [7, 11) is 0. The Labute approximate surface area is 138 Å². The van der Waals surface area contributed by atoms with E-state index in [0.717, 1.165) is 35.9 Å². The molecule has 5 heteroatoms. The molecule has 2 heterocycles. The highest BCUT2D eigenvalue weighted by molar-refractivity contribution is 7.09. The van der Waals surface area contributed by atoms with Crippen LogP contribution in [-0.4, -0.2) is 11.7 Å². The summed E-state index contributed by atoms with van der Waals surface area (Å²) in [5.41, 5.74) is 1.79. The normalized spacial score (nSPS) is 11.2. The van der Waals surface area contributed by atoms with Gasteiger partial charge in [-0.05, 0) is 41.5 Å². The van der Waals surface area contributed by atoms with E-state index in [1.807, 2.05) is 13.0 Å². The average Bonchev–Trinajstić information content (AvgIpc) is 3.04. The van der Waals surface area contributed by atoms with Crippen molar-refractivity contribution in [2.24, 2.45) is 0 Å². The standard InChI is InChI=1S/C18H19NO3S/c1-2-12-8-15-13(9-18(21)22-17(15)10-16(12)20)11-19-6-5-14-4-3-7-23-14/h3-4,7-10,19-20H,2,5-6,11H2,1H3. The molecule has 0 radical (unpaired) electrons. The van der Waals surface area contributed by atoms with Crippen molar-refractivity contribution in [3.05, 3.63) is 62.1 Å². The monoisotopic (exact) mass is 329 g/mol. The first-order valence-corrected chi connectivity index (χ1v) is 8.57. The lowest BCUT2D eigenvalue weighted by molar-refractivity contribution is 0.466. The fraction of sp³-hybridized carbons (Fsp3) is 0.278. The van der Waals surface area contributed by atoms with Crippen LogP contribution in [0.4, 0.5) is 0 Å². The molecule has 0 bridgehead atoms. The Morgan fingerprint density at radius 2 is 2.13 bits per heavy atom. The smallest absolute Gasteiger partial charge is 0.336 e.